The van der Waals surface area contributed by atoms with E-state index < -0.39 is 0 Å². The van der Waals surface area contributed by atoms with Crippen molar-refractivity contribution in [1.82, 2.24) is 5.32 Å². The largest absolute Gasteiger partial charge is 0.353 e. The number of hydrogen-bond donors (Lipinski definition) is 2. The molecule has 0 heterocycles. The SMILES string of the molecule is CC1CCCC(C(=O)NC2CCCC2)C1N. The highest BCUT2D eigenvalue weighted by molar-refractivity contribution is 5.79. The van der Waals surface area contributed by atoms with Crippen molar-refractivity contribution >= 4 is 5.91 Å². The van der Waals surface area contributed by atoms with E-state index >= 15 is 0 Å². The molecule has 16 heavy (non-hydrogen) atoms. The fourth-order valence-electron chi connectivity index (χ4n) is 3.13. The van der Waals surface area contributed by atoms with Crippen LogP contribution in [0.5, 0.6) is 0 Å². The molecule has 0 spiro atoms. The maximum atomic E-state index is 12.1. The molecule has 2 fully saturated rings. The van der Waals surface area contributed by atoms with E-state index in [0.29, 0.717) is 12.0 Å². The molecular weight excluding hydrogens is 200 g/mol. The average molecular weight is 224 g/mol. The van der Waals surface area contributed by atoms with Crippen molar-refractivity contribution in [3.8, 4) is 0 Å². The quantitative estimate of drug-likeness (QED) is 0.751. The van der Waals surface area contributed by atoms with Gasteiger partial charge < -0.3 is 11.1 Å². The molecule has 3 unspecified atom stereocenters. The van der Waals surface area contributed by atoms with Crippen molar-refractivity contribution in [2.75, 3.05) is 0 Å². The lowest BCUT2D eigenvalue weighted by atomic mass is 9.78. The van der Waals surface area contributed by atoms with Crippen LogP contribution in [0.2, 0.25) is 0 Å². The van der Waals surface area contributed by atoms with Crippen molar-refractivity contribution in [2.24, 2.45) is 17.6 Å². The monoisotopic (exact) mass is 224 g/mol. The third-order valence-corrected chi connectivity index (χ3v) is 4.33. The Balaban J connectivity index is 1.87. The Labute approximate surface area is 98.2 Å². The van der Waals surface area contributed by atoms with Crippen molar-refractivity contribution in [3.05, 3.63) is 0 Å². The van der Waals surface area contributed by atoms with E-state index in [0.717, 1.165) is 25.7 Å². The second-order valence-electron chi connectivity index (χ2n) is 5.58. The Morgan fingerprint density at radius 1 is 1.12 bits per heavy atom. The predicted molar refractivity (Wildman–Crippen MR) is 64.9 cm³/mol. The molecule has 3 nitrogen and oxygen atoms in total. The Kier molecular flexibility index (Phi) is 3.85. The van der Waals surface area contributed by atoms with Crippen LogP contribution in [0, 0.1) is 11.8 Å². The van der Waals surface area contributed by atoms with Gasteiger partial charge in [-0.1, -0.05) is 26.2 Å². The van der Waals surface area contributed by atoms with Gasteiger partial charge in [-0.3, -0.25) is 4.79 Å². The maximum Gasteiger partial charge on any atom is 0.224 e. The molecular formula is C13H24N2O. The van der Waals surface area contributed by atoms with Crippen LogP contribution < -0.4 is 11.1 Å². The average Bonchev–Trinajstić information content (AvgIpc) is 2.74. The lowest BCUT2D eigenvalue weighted by Gasteiger charge is -2.33. The standard InChI is InChI=1S/C13H24N2O/c1-9-5-4-8-11(12(9)14)13(16)15-10-6-2-3-7-10/h9-12H,2-8,14H2,1H3,(H,15,16). The second-order valence-corrected chi connectivity index (χ2v) is 5.58. The number of nitrogens with one attached hydrogen (secondary N) is 1. The minimum Gasteiger partial charge on any atom is -0.353 e. The molecule has 1 amide bonds. The summed E-state index contributed by atoms with van der Waals surface area (Å²) >= 11 is 0. The van der Waals surface area contributed by atoms with Gasteiger partial charge in [0.1, 0.15) is 0 Å². The van der Waals surface area contributed by atoms with Gasteiger partial charge in [0.2, 0.25) is 5.91 Å². The highest BCUT2D eigenvalue weighted by atomic mass is 16.2. The smallest absolute Gasteiger partial charge is 0.224 e. The molecule has 0 aromatic heterocycles. The first kappa shape index (κ1) is 11.9. The Hall–Kier alpha value is -0.570. The summed E-state index contributed by atoms with van der Waals surface area (Å²) in [6.07, 6.45) is 8.14. The van der Waals surface area contributed by atoms with Crippen molar-refractivity contribution in [2.45, 2.75) is 64.0 Å². The molecule has 2 aliphatic carbocycles. The van der Waals surface area contributed by atoms with Gasteiger partial charge in [0, 0.05) is 12.1 Å². The maximum absolute atomic E-state index is 12.1. The van der Waals surface area contributed by atoms with Crippen LogP contribution in [0.15, 0.2) is 0 Å². The minimum atomic E-state index is 0.0596. The zero-order valence-corrected chi connectivity index (χ0v) is 10.2. The molecule has 0 aromatic rings. The third-order valence-electron chi connectivity index (χ3n) is 4.33. The number of rotatable bonds is 2. The lowest BCUT2D eigenvalue weighted by molar-refractivity contribution is -0.127. The fraction of sp³-hybridized carbons (Fsp3) is 0.923. The Morgan fingerprint density at radius 2 is 1.81 bits per heavy atom. The summed E-state index contributed by atoms with van der Waals surface area (Å²) in [4.78, 5) is 12.1. The van der Waals surface area contributed by atoms with E-state index in [1.807, 2.05) is 0 Å². The highest BCUT2D eigenvalue weighted by Gasteiger charge is 2.33. The number of nitrogens with two attached hydrogens (primary N) is 1. The summed E-state index contributed by atoms with van der Waals surface area (Å²) in [5.41, 5.74) is 6.14. The van der Waals surface area contributed by atoms with Gasteiger partial charge in [-0.2, -0.15) is 0 Å². The summed E-state index contributed by atoms with van der Waals surface area (Å²) in [7, 11) is 0. The molecule has 0 radical (unpaired) electrons. The summed E-state index contributed by atoms with van der Waals surface area (Å²) in [5.74, 6) is 0.767. The number of carbonyl (C=O) groups excluding carboxylic acids is 1. The molecule has 0 saturated heterocycles. The van der Waals surface area contributed by atoms with Gasteiger partial charge in [-0.25, -0.2) is 0 Å². The van der Waals surface area contributed by atoms with E-state index in [-0.39, 0.29) is 17.9 Å². The van der Waals surface area contributed by atoms with Gasteiger partial charge >= 0.3 is 0 Å². The van der Waals surface area contributed by atoms with Crippen LogP contribution in [0.3, 0.4) is 0 Å². The molecule has 2 saturated carbocycles. The van der Waals surface area contributed by atoms with Gasteiger partial charge in [0.25, 0.3) is 0 Å². The highest BCUT2D eigenvalue weighted by Crippen LogP contribution is 2.28. The number of amides is 1. The van der Waals surface area contributed by atoms with Crippen molar-refractivity contribution < 1.29 is 4.79 Å². The zero-order chi connectivity index (χ0) is 11.5. The van der Waals surface area contributed by atoms with Crippen LogP contribution in [0.25, 0.3) is 0 Å². The molecule has 0 aromatic carbocycles. The lowest BCUT2D eigenvalue weighted by Crippen LogP contribution is -2.49. The van der Waals surface area contributed by atoms with Crippen molar-refractivity contribution in [1.29, 1.82) is 0 Å². The molecule has 3 heteroatoms. The molecule has 3 N–H and O–H groups in total. The van der Waals surface area contributed by atoms with Crippen LogP contribution >= 0.6 is 0 Å². The molecule has 2 rings (SSSR count). The first-order chi connectivity index (χ1) is 7.68. The molecule has 3 atom stereocenters. The number of hydrogen-bond acceptors (Lipinski definition) is 2. The van der Waals surface area contributed by atoms with Crippen LogP contribution in [0.4, 0.5) is 0 Å². The summed E-state index contributed by atoms with van der Waals surface area (Å²) in [6, 6.07) is 0.493. The van der Waals surface area contributed by atoms with Crippen LogP contribution in [0.1, 0.15) is 51.9 Å². The van der Waals surface area contributed by atoms with E-state index in [2.05, 4.69) is 12.2 Å². The minimum absolute atomic E-state index is 0.0596. The van der Waals surface area contributed by atoms with Crippen molar-refractivity contribution in [3.63, 3.8) is 0 Å². The second kappa shape index (κ2) is 5.17. The van der Waals surface area contributed by atoms with E-state index in [4.69, 9.17) is 5.73 Å². The summed E-state index contributed by atoms with van der Waals surface area (Å²) in [6.45, 7) is 2.17. The fourth-order valence-corrected chi connectivity index (χ4v) is 3.13. The Bertz CT molecular complexity index is 248. The first-order valence-corrected chi connectivity index (χ1v) is 6.74. The topological polar surface area (TPSA) is 55.1 Å². The summed E-state index contributed by atoms with van der Waals surface area (Å²) in [5, 5.41) is 3.18. The predicted octanol–water partition coefficient (Wildman–Crippen LogP) is 1.81. The summed E-state index contributed by atoms with van der Waals surface area (Å²) < 4.78 is 0. The number of carbonyl (C=O) groups is 1. The van der Waals surface area contributed by atoms with Crippen LogP contribution in [-0.2, 0) is 4.79 Å². The zero-order valence-electron chi connectivity index (χ0n) is 10.2. The van der Waals surface area contributed by atoms with Gasteiger partial charge in [-0.15, -0.1) is 0 Å². The molecule has 0 aliphatic heterocycles. The molecule has 0 bridgehead atoms. The molecule has 2 aliphatic rings. The van der Waals surface area contributed by atoms with Gasteiger partial charge in [0.15, 0.2) is 0 Å². The van der Waals surface area contributed by atoms with Gasteiger partial charge in [0.05, 0.1) is 5.92 Å². The van der Waals surface area contributed by atoms with E-state index in [1.165, 1.54) is 19.3 Å². The van der Waals surface area contributed by atoms with E-state index in [1.54, 1.807) is 0 Å². The normalized spacial score (nSPS) is 36.2. The van der Waals surface area contributed by atoms with Gasteiger partial charge in [-0.05, 0) is 31.6 Å². The van der Waals surface area contributed by atoms with E-state index in [9.17, 15) is 4.79 Å². The molecule has 92 valence electrons. The third kappa shape index (κ3) is 2.57. The van der Waals surface area contributed by atoms with Crippen LogP contribution in [-0.4, -0.2) is 18.0 Å². The Morgan fingerprint density at radius 3 is 2.50 bits per heavy atom. The first-order valence-electron chi connectivity index (χ1n) is 6.74.